The number of aromatic amines is 1. The molecule has 0 radical (unpaired) electrons. The highest BCUT2D eigenvalue weighted by Gasteiger charge is 2.74. The van der Waals surface area contributed by atoms with E-state index in [1.54, 1.807) is 23.2 Å². The second-order valence-corrected chi connectivity index (χ2v) is 11.7. The number of rotatable bonds is 11. The Hall–Kier alpha value is -4.99. The van der Waals surface area contributed by atoms with Gasteiger partial charge in [0.15, 0.2) is 5.82 Å². The van der Waals surface area contributed by atoms with Crippen LogP contribution in [0.2, 0.25) is 0 Å². The molecule has 0 bridgehead atoms. The second-order valence-electron chi connectivity index (χ2n) is 11.7. The lowest BCUT2D eigenvalue weighted by Crippen LogP contribution is -2.50. The fraction of sp³-hybridized carbons (Fsp3) is 0.333. The molecule has 5 N–H and O–H groups in total. The number of benzene rings is 3. The van der Waals surface area contributed by atoms with Crippen LogP contribution in [0.5, 0.6) is 0 Å². The summed E-state index contributed by atoms with van der Waals surface area (Å²) < 4.78 is 93.2. The quantitative estimate of drug-likeness (QED) is 0.103. The number of anilines is 1. The maximum atomic E-state index is 14.1. The summed E-state index contributed by atoms with van der Waals surface area (Å²) in [5.74, 6) is -14.9. The lowest BCUT2D eigenvalue weighted by atomic mass is 9.96. The van der Waals surface area contributed by atoms with Crippen LogP contribution < -0.4 is 21.3 Å². The summed E-state index contributed by atoms with van der Waals surface area (Å²) in [6, 6.07) is 14.9. The third-order valence-corrected chi connectivity index (χ3v) is 8.25. The number of imidazole rings is 1. The standard InChI is InChI=1S/C33H31F7N6O3/c1-18-14-21(28(48)43-22-10-12-41-13-11-22)6-8-24(18)20-4-2-19(3-5-20)15-27(42-17-47)29(49)44-23-7-9-25-26(16-23)46-30(45-25)31(34,35)32(36,37)33(38,39)40/h2-9,14,16-17,22,27,41H,10-13,15H2,1H3,(H,42,47)(H,43,48)(H,44,49)(H,45,46)/t27-/m0/s1. The molecule has 1 atom stereocenters. The van der Waals surface area contributed by atoms with Gasteiger partial charge >= 0.3 is 18.0 Å². The van der Waals surface area contributed by atoms with E-state index in [4.69, 9.17) is 0 Å². The number of aryl methyl sites for hydroxylation is 1. The average Bonchev–Trinajstić information content (AvgIpc) is 3.49. The van der Waals surface area contributed by atoms with E-state index in [9.17, 15) is 45.1 Å². The summed E-state index contributed by atoms with van der Waals surface area (Å²) >= 11 is 0. The summed E-state index contributed by atoms with van der Waals surface area (Å²) in [7, 11) is 0. The minimum atomic E-state index is -6.54. The molecule has 1 saturated heterocycles. The first-order chi connectivity index (χ1) is 23.1. The van der Waals surface area contributed by atoms with Gasteiger partial charge in [-0.1, -0.05) is 30.3 Å². The summed E-state index contributed by atoms with van der Waals surface area (Å²) in [6.07, 6.45) is -4.44. The van der Waals surface area contributed by atoms with E-state index in [1.165, 1.54) is 6.07 Å². The van der Waals surface area contributed by atoms with E-state index >= 15 is 0 Å². The van der Waals surface area contributed by atoms with Crippen molar-refractivity contribution in [3.63, 3.8) is 0 Å². The van der Waals surface area contributed by atoms with E-state index in [1.807, 2.05) is 31.2 Å². The Morgan fingerprint density at radius 1 is 0.959 bits per heavy atom. The number of nitrogens with zero attached hydrogens (tertiary/aromatic N) is 1. The molecule has 0 unspecified atom stereocenters. The zero-order valence-corrected chi connectivity index (χ0v) is 25.9. The molecular formula is C33H31F7N6O3. The van der Waals surface area contributed by atoms with Gasteiger partial charge in [-0.05, 0) is 85.4 Å². The Morgan fingerprint density at radius 3 is 2.29 bits per heavy atom. The molecule has 1 aromatic heterocycles. The summed E-state index contributed by atoms with van der Waals surface area (Å²) in [4.78, 5) is 42.1. The molecule has 3 aromatic carbocycles. The van der Waals surface area contributed by atoms with Crippen molar-refractivity contribution in [2.45, 2.75) is 56.3 Å². The van der Waals surface area contributed by atoms with Crippen molar-refractivity contribution in [1.29, 1.82) is 0 Å². The normalized spacial score (nSPS) is 15.1. The third-order valence-electron chi connectivity index (χ3n) is 8.25. The molecule has 0 aliphatic carbocycles. The fourth-order valence-electron chi connectivity index (χ4n) is 5.52. The molecule has 9 nitrogen and oxygen atoms in total. The molecule has 16 heteroatoms. The molecule has 4 aromatic rings. The molecule has 0 spiro atoms. The highest BCUT2D eigenvalue weighted by Crippen LogP contribution is 2.51. The van der Waals surface area contributed by atoms with E-state index < -0.39 is 35.8 Å². The van der Waals surface area contributed by atoms with Gasteiger partial charge in [-0.15, -0.1) is 0 Å². The van der Waals surface area contributed by atoms with Gasteiger partial charge in [-0.2, -0.15) is 30.7 Å². The van der Waals surface area contributed by atoms with Crippen LogP contribution in [0.3, 0.4) is 0 Å². The van der Waals surface area contributed by atoms with Gasteiger partial charge in [0.05, 0.1) is 11.0 Å². The van der Waals surface area contributed by atoms with Crippen LogP contribution in [-0.2, 0) is 21.9 Å². The van der Waals surface area contributed by atoms with Gasteiger partial charge in [0.25, 0.3) is 5.91 Å². The van der Waals surface area contributed by atoms with Crippen molar-refractivity contribution in [3.8, 4) is 11.1 Å². The van der Waals surface area contributed by atoms with Gasteiger partial charge in [-0.3, -0.25) is 14.4 Å². The molecule has 3 amide bonds. The number of halogens is 7. The van der Waals surface area contributed by atoms with E-state index in [0.717, 1.165) is 54.8 Å². The number of nitrogens with one attached hydrogen (secondary N) is 5. The molecule has 49 heavy (non-hydrogen) atoms. The number of carbonyl (C=O) groups excluding carboxylic acids is 3. The number of carbonyl (C=O) groups is 3. The zero-order chi connectivity index (χ0) is 35.6. The Bertz CT molecular complexity index is 1840. The highest BCUT2D eigenvalue weighted by molar-refractivity contribution is 5.97. The van der Waals surface area contributed by atoms with Crippen molar-refractivity contribution in [1.82, 2.24) is 25.9 Å². The van der Waals surface area contributed by atoms with Crippen LogP contribution in [0.4, 0.5) is 36.4 Å². The summed E-state index contributed by atoms with van der Waals surface area (Å²) in [5.41, 5.74) is 3.11. The maximum Gasteiger partial charge on any atom is 0.460 e. The van der Waals surface area contributed by atoms with Crippen molar-refractivity contribution >= 4 is 34.9 Å². The highest BCUT2D eigenvalue weighted by atomic mass is 19.4. The van der Waals surface area contributed by atoms with Crippen molar-refractivity contribution in [3.05, 3.63) is 83.2 Å². The number of hydrogen-bond donors (Lipinski definition) is 5. The Kier molecular flexibility index (Phi) is 9.99. The molecule has 1 fully saturated rings. The third kappa shape index (κ3) is 7.53. The van der Waals surface area contributed by atoms with Crippen molar-refractivity contribution in [2.24, 2.45) is 0 Å². The number of amides is 3. The average molecular weight is 693 g/mol. The number of piperidine rings is 1. The van der Waals surface area contributed by atoms with Gasteiger partial charge in [0, 0.05) is 23.7 Å². The summed E-state index contributed by atoms with van der Waals surface area (Å²) in [5, 5.41) is 11.2. The molecular weight excluding hydrogens is 661 g/mol. The van der Waals surface area contributed by atoms with E-state index in [-0.39, 0.29) is 35.1 Å². The lowest BCUT2D eigenvalue weighted by molar-refractivity contribution is -0.361. The van der Waals surface area contributed by atoms with Crippen LogP contribution in [0.15, 0.2) is 60.7 Å². The summed E-state index contributed by atoms with van der Waals surface area (Å²) in [6.45, 7) is 3.61. The first-order valence-corrected chi connectivity index (χ1v) is 15.2. The number of H-pyrrole nitrogens is 1. The molecule has 1 aliphatic rings. The number of hydrogen-bond acceptors (Lipinski definition) is 5. The molecule has 1 aliphatic heterocycles. The Morgan fingerprint density at radius 2 is 1.65 bits per heavy atom. The first-order valence-electron chi connectivity index (χ1n) is 15.2. The van der Waals surface area contributed by atoms with Gasteiger partial charge in [0.2, 0.25) is 12.3 Å². The van der Waals surface area contributed by atoms with Crippen LogP contribution in [-0.4, -0.2) is 65.5 Å². The van der Waals surface area contributed by atoms with Crippen LogP contribution in [0.1, 0.15) is 40.2 Å². The molecule has 5 rings (SSSR count). The largest absolute Gasteiger partial charge is 0.460 e. The Balaban J connectivity index is 1.25. The second kappa shape index (κ2) is 13.9. The first kappa shape index (κ1) is 35.3. The van der Waals surface area contributed by atoms with Crippen LogP contribution >= 0.6 is 0 Å². The number of alkyl halides is 7. The minimum Gasteiger partial charge on any atom is -0.349 e. The topological polar surface area (TPSA) is 128 Å². The van der Waals surface area contributed by atoms with Crippen LogP contribution in [0.25, 0.3) is 22.2 Å². The number of fused-ring (bicyclic) bond motifs is 1. The predicted octanol–water partition coefficient (Wildman–Crippen LogP) is 5.61. The number of aromatic nitrogens is 2. The minimum absolute atomic E-state index is 0.0324. The van der Waals surface area contributed by atoms with Gasteiger partial charge < -0.3 is 26.3 Å². The monoisotopic (exact) mass is 692 g/mol. The van der Waals surface area contributed by atoms with E-state index in [0.29, 0.717) is 17.5 Å². The van der Waals surface area contributed by atoms with E-state index in [2.05, 4.69) is 26.3 Å². The van der Waals surface area contributed by atoms with Gasteiger partial charge in [0.1, 0.15) is 6.04 Å². The molecule has 260 valence electrons. The zero-order valence-electron chi connectivity index (χ0n) is 25.9. The predicted molar refractivity (Wildman–Crippen MR) is 166 cm³/mol. The van der Waals surface area contributed by atoms with Crippen LogP contribution in [0, 0.1) is 6.92 Å². The smallest absolute Gasteiger partial charge is 0.349 e. The SMILES string of the molecule is Cc1cc(C(=O)NC2CCNCC2)ccc1-c1ccc(C[C@H](NC=O)C(=O)Nc2ccc3nc(C(F)(F)C(F)(F)C(F)(F)F)[nH]c3c2)cc1. The molecule has 0 saturated carbocycles. The van der Waals surface area contributed by atoms with Gasteiger partial charge in [-0.25, -0.2) is 4.98 Å². The maximum absolute atomic E-state index is 14.1. The molecule has 2 heterocycles. The Labute approximate surface area is 275 Å². The van der Waals surface area contributed by atoms with Crippen molar-refractivity contribution in [2.75, 3.05) is 18.4 Å². The lowest BCUT2D eigenvalue weighted by Gasteiger charge is -2.26. The fourth-order valence-corrected chi connectivity index (χ4v) is 5.52. The van der Waals surface area contributed by atoms with Crippen molar-refractivity contribution < 1.29 is 45.1 Å².